The maximum Gasteiger partial charge on any atom is 2.00 e. The largest absolute Gasteiger partial charge is 2.00 e. The number of unbranched alkanes of at least 4 members (excludes halogenated alkanes) is 6. The van der Waals surface area contributed by atoms with E-state index in [1.807, 2.05) is 0 Å². The van der Waals surface area contributed by atoms with Gasteiger partial charge in [-0.2, -0.15) is 0 Å². The van der Waals surface area contributed by atoms with Gasteiger partial charge in [0.25, 0.3) is 0 Å². The van der Waals surface area contributed by atoms with E-state index in [2.05, 4.69) is 13.8 Å². The Hall–Kier alpha value is 1.54. The molecule has 18 heavy (non-hydrogen) atoms. The van der Waals surface area contributed by atoms with E-state index in [-0.39, 0.29) is 19.5 Å². The van der Waals surface area contributed by atoms with E-state index in [4.69, 9.17) is 16.3 Å². The van der Waals surface area contributed by atoms with Crippen LogP contribution < -0.4 is 4.89 Å². The Balaban J connectivity index is 0. The summed E-state index contributed by atoms with van der Waals surface area (Å²) in [4.78, 5) is 11.8. The average molecular weight is 363 g/mol. The van der Waals surface area contributed by atoms with Gasteiger partial charge in [0.15, 0.2) is 0 Å². The van der Waals surface area contributed by atoms with Gasteiger partial charge in [-0.05, 0) is 18.6 Å². The number of hydrogen-bond donors (Lipinski definition) is 0. The Morgan fingerprint density at radius 1 is 1.00 bits per heavy atom. The van der Waals surface area contributed by atoms with Gasteiger partial charge in [-0.25, -0.2) is 0 Å². The van der Waals surface area contributed by atoms with Crippen molar-refractivity contribution in [2.45, 2.75) is 65.2 Å². The Morgan fingerprint density at radius 3 is 2.11 bits per heavy atom. The van der Waals surface area contributed by atoms with Crippen LogP contribution in [-0.2, 0) is 35.8 Å². The summed E-state index contributed by atoms with van der Waals surface area (Å²) in [5.41, 5.74) is -2.79. The van der Waals surface area contributed by atoms with E-state index < -0.39 is 5.69 Å². The molecule has 0 aromatic rings. The average Bonchev–Trinajstić information content (AvgIpc) is 2.28. The van der Waals surface area contributed by atoms with Crippen molar-refractivity contribution in [3.05, 3.63) is 0 Å². The van der Waals surface area contributed by atoms with Gasteiger partial charge >= 0.3 is 19.5 Å². The van der Waals surface area contributed by atoms with Crippen LogP contribution in [0.15, 0.2) is 0 Å². The summed E-state index contributed by atoms with van der Waals surface area (Å²) in [5.74, 6) is 0.871. The van der Waals surface area contributed by atoms with Gasteiger partial charge in [-0.1, -0.05) is 64.2 Å². The zero-order valence-corrected chi connectivity index (χ0v) is 17.4. The molecule has 6 heteroatoms. The molecule has 2 nitrogen and oxygen atoms in total. The normalized spacial score (nSPS) is 13.9. The molecule has 0 aliphatic heterocycles. The summed E-state index contributed by atoms with van der Waals surface area (Å²) in [7, 11) is 0. The van der Waals surface area contributed by atoms with E-state index in [9.17, 15) is 4.89 Å². The van der Waals surface area contributed by atoms with Crippen LogP contribution in [0.25, 0.3) is 0 Å². The first-order valence-corrected chi connectivity index (χ1v) is 11.0. The summed E-state index contributed by atoms with van der Waals surface area (Å²) in [5, 5.41) is 0. The van der Waals surface area contributed by atoms with Gasteiger partial charge in [-0.15, -0.1) is 11.4 Å². The monoisotopic (exact) mass is 361 g/mol. The summed E-state index contributed by atoms with van der Waals surface area (Å²) in [6.07, 6.45) is 9.32. The molecule has 0 aliphatic rings. The van der Waals surface area contributed by atoms with Gasteiger partial charge in [0.1, 0.15) is 0 Å². The van der Waals surface area contributed by atoms with E-state index in [0.29, 0.717) is 6.61 Å². The third-order valence-corrected chi connectivity index (χ3v) is 6.86. The van der Waals surface area contributed by atoms with E-state index in [1.54, 1.807) is 0 Å². The molecule has 0 N–H and O–H groups in total. The Morgan fingerprint density at radius 2 is 1.56 bits per heavy atom. The molecule has 0 fully saturated rings. The molecule has 0 amide bonds. The first-order chi connectivity index (χ1) is 8.12. The molecule has 0 aromatic heterocycles. The minimum Gasteiger partial charge on any atom is -0.793 e. The summed E-state index contributed by atoms with van der Waals surface area (Å²) in [6, 6.07) is 0. The van der Waals surface area contributed by atoms with E-state index >= 15 is 0 Å². The van der Waals surface area contributed by atoms with Crippen LogP contribution in [-0.4, -0.2) is 12.4 Å². The molecule has 1 atom stereocenters. The van der Waals surface area contributed by atoms with Crippen molar-refractivity contribution in [2.75, 3.05) is 12.4 Å². The zero-order valence-electron chi connectivity index (χ0n) is 11.9. The molecule has 0 saturated carbocycles. The van der Waals surface area contributed by atoms with Crippen LogP contribution in [0.3, 0.4) is 0 Å². The van der Waals surface area contributed by atoms with Crippen LogP contribution in [0.1, 0.15) is 65.2 Å². The van der Waals surface area contributed by atoms with Gasteiger partial charge in [0.05, 0.1) is 6.61 Å². The van der Waals surface area contributed by atoms with E-state index in [1.165, 1.54) is 43.5 Å². The Labute approximate surface area is 135 Å². The van der Waals surface area contributed by atoms with Crippen molar-refractivity contribution in [3.8, 4) is 0 Å². The molecule has 0 radical (unpaired) electrons. The second-order valence-corrected chi connectivity index (χ2v) is 10.4. The van der Waals surface area contributed by atoms with Crippen molar-refractivity contribution in [3.63, 3.8) is 0 Å². The fraction of sp³-hybridized carbons (Fsp3) is 1.00. The fourth-order valence-electron chi connectivity index (χ4n) is 1.45. The topological polar surface area (TPSA) is 32.3 Å². The summed E-state index contributed by atoms with van der Waals surface area (Å²) < 4.78 is 5.32. The standard InChI is InChI=1S/C12H27O2PS2.Zn/c1-3-5-7-9-11-14-15(13,16)17-12-10-8-6-4-2;/h3-12H2,1-2H3,(H,13,16);/q;+2/p-1. The minimum absolute atomic E-state index is 0. The smallest absolute Gasteiger partial charge is 0.793 e. The van der Waals surface area contributed by atoms with Crippen molar-refractivity contribution >= 4 is 28.9 Å². The van der Waals surface area contributed by atoms with Gasteiger partial charge < -0.3 is 9.42 Å². The quantitative estimate of drug-likeness (QED) is 0.291. The minimum atomic E-state index is -2.79. The van der Waals surface area contributed by atoms with Gasteiger partial charge in [0.2, 0.25) is 0 Å². The van der Waals surface area contributed by atoms with Gasteiger partial charge in [0, 0.05) is 5.69 Å². The van der Waals surface area contributed by atoms with Crippen molar-refractivity contribution in [1.82, 2.24) is 0 Å². The van der Waals surface area contributed by atoms with E-state index in [0.717, 1.165) is 25.0 Å². The predicted octanol–water partition coefficient (Wildman–Crippen LogP) is 4.48. The molecule has 0 saturated heterocycles. The molecule has 0 spiro atoms. The van der Waals surface area contributed by atoms with Crippen LogP contribution in [0.5, 0.6) is 0 Å². The van der Waals surface area contributed by atoms with Crippen molar-refractivity contribution < 1.29 is 28.9 Å². The number of rotatable bonds is 12. The van der Waals surface area contributed by atoms with Crippen molar-refractivity contribution in [1.29, 1.82) is 0 Å². The first kappa shape index (κ1) is 21.8. The maximum atomic E-state index is 11.8. The molecule has 0 rings (SSSR count). The third kappa shape index (κ3) is 15.6. The third-order valence-electron chi connectivity index (χ3n) is 2.49. The SMILES string of the molecule is CCCCCCOP([O-])(=S)SCCCCCC.[Zn+2]. The molecular formula is C12H26O2PS2Zn+. The summed E-state index contributed by atoms with van der Waals surface area (Å²) >= 11 is 6.34. The molecule has 0 heterocycles. The van der Waals surface area contributed by atoms with Crippen LogP contribution >= 0.6 is 17.1 Å². The van der Waals surface area contributed by atoms with Crippen LogP contribution in [0.2, 0.25) is 0 Å². The first-order valence-electron chi connectivity index (χ1n) is 6.72. The number of hydrogen-bond acceptors (Lipinski definition) is 4. The second kappa shape index (κ2) is 14.9. The molecule has 0 bridgehead atoms. The molecular weight excluding hydrogens is 337 g/mol. The van der Waals surface area contributed by atoms with Gasteiger partial charge in [-0.3, -0.25) is 0 Å². The zero-order chi connectivity index (χ0) is 13.0. The Kier molecular flexibility index (Phi) is 18.1. The second-order valence-electron chi connectivity index (χ2n) is 4.23. The molecule has 104 valence electrons. The van der Waals surface area contributed by atoms with Crippen LogP contribution in [0, 0.1) is 0 Å². The maximum absolute atomic E-state index is 11.8. The Bertz CT molecular complexity index is 200. The van der Waals surface area contributed by atoms with Crippen LogP contribution in [0.4, 0.5) is 0 Å². The van der Waals surface area contributed by atoms with Crippen molar-refractivity contribution in [2.24, 2.45) is 0 Å². The molecule has 1 unspecified atom stereocenters. The fourth-order valence-corrected chi connectivity index (χ4v) is 4.83. The molecule has 0 aliphatic carbocycles. The summed E-state index contributed by atoms with van der Waals surface area (Å²) in [6.45, 7) is 4.91. The predicted molar refractivity (Wildman–Crippen MR) is 81.0 cm³/mol. The molecule has 0 aromatic carbocycles.